The lowest BCUT2D eigenvalue weighted by Gasteiger charge is -2.31. The third-order valence-corrected chi connectivity index (χ3v) is 12.6. The van der Waals surface area contributed by atoms with Crippen LogP contribution in [-0.2, 0) is 0 Å². The fourth-order valence-electron chi connectivity index (χ4n) is 5.59. The molecule has 0 saturated carbocycles. The molecule has 0 spiro atoms. The Morgan fingerprint density at radius 2 is 1.18 bits per heavy atom. The zero-order chi connectivity index (χ0) is 23.8. The van der Waals surface area contributed by atoms with Gasteiger partial charge in [-0.25, -0.2) is 0 Å². The molecular formula is C29H38N3P+2. The molecule has 1 aliphatic heterocycles. The van der Waals surface area contributed by atoms with Crippen molar-refractivity contribution in [3.63, 3.8) is 0 Å². The van der Waals surface area contributed by atoms with E-state index >= 15 is 0 Å². The molecule has 0 fully saturated rings. The molecule has 0 saturated heterocycles. The maximum Gasteiger partial charge on any atom is 0.401 e. The van der Waals surface area contributed by atoms with Gasteiger partial charge in [0, 0.05) is 6.92 Å². The van der Waals surface area contributed by atoms with Gasteiger partial charge in [0.15, 0.2) is 7.41 Å². The second kappa shape index (κ2) is 9.31. The van der Waals surface area contributed by atoms with Gasteiger partial charge in [0.2, 0.25) is 5.78 Å². The predicted octanol–water partition coefficient (Wildman–Crippen LogP) is 7.84. The van der Waals surface area contributed by atoms with Crippen molar-refractivity contribution in [1.29, 1.82) is 0 Å². The standard InChI is InChI=1S/C29H37N3P/c1-21(2)33(22(3)4)25(7)31(28-23(5)15-14-16-24(28)6)29(30-33)32(26-17-10-8-11-18-26)27-19-12-9-13-20-27/h8-22,25H,1-7H3/q+1/p+1/t25-/m1/s1. The molecule has 0 aromatic heterocycles. The smallest absolute Gasteiger partial charge is 0.195 e. The summed E-state index contributed by atoms with van der Waals surface area (Å²) >= 11 is 0. The van der Waals surface area contributed by atoms with Gasteiger partial charge in [-0.3, -0.25) is 0 Å². The summed E-state index contributed by atoms with van der Waals surface area (Å²) in [7, 11) is -1.60. The lowest BCUT2D eigenvalue weighted by Crippen LogP contribution is -2.40. The lowest BCUT2D eigenvalue weighted by atomic mass is 10.1. The van der Waals surface area contributed by atoms with Crippen LogP contribution in [-0.4, -0.2) is 27.6 Å². The van der Waals surface area contributed by atoms with Gasteiger partial charge < -0.3 is 0 Å². The zero-order valence-corrected chi connectivity index (χ0v) is 22.0. The largest absolute Gasteiger partial charge is 0.401 e. The van der Waals surface area contributed by atoms with Crippen molar-refractivity contribution in [2.24, 2.45) is 0 Å². The molecule has 4 rings (SSSR count). The Balaban J connectivity index is 2.06. The first kappa shape index (κ1) is 23.5. The number of hydrogen-bond acceptors (Lipinski definition) is 2. The molecule has 3 aromatic carbocycles. The highest BCUT2D eigenvalue weighted by Crippen LogP contribution is 2.70. The van der Waals surface area contributed by atoms with E-state index in [0.717, 1.165) is 0 Å². The summed E-state index contributed by atoms with van der Waals surface area (Å²) < 4.78 is 2.61. The molecule has 3 aromatic rings. The van der Waals surface area contributed by atoms with E-state index in [9.17, 15) is 0 Å². The summed E-state index contributed by atoms with van der Waals surface area (Å²) in [6, 6.07) is 28.2. The Kier molecular flexibility index (Phi) is 6.64. The van der Waals surface area contributed by atoms with E-state index in [2.05, 4.69) is 142 Å². The molecule has 0 aliphatic carbocycles. The fraction of sp³-hybridized carbons (Fsp3) is 0.345. The highest BCUT2D eigenvalue weighted by Gasteiger charge is 2.63. The summed E-state index contributed by atoms with van der Waals surface area (Å²) in [6.45, 7) is 16.5. The molecule has 172 valence electrons. The molecule has 3 nitrogen and oxygen atoms in total. The summed E-state index contributed by atoms with van der Waals surface area (Å²) in [5.74, 6) is 1.55. The van der Waals surface area contributed by atoms with Crippen molar-refractivity contribution >= 4 is 30.4 Å². The Morgan fingerprint density at radius 1 is 0.727 bits per heavy atom. The average molecular weight is 460 g/mol. The van der Waals surface area contributed by atoms with Crippen LogP contribution in [0.4, 0.5) is 17.1 Å². The number of para-hydroxylation sites is 3. The van der Waals surface area contributed by atoms with Crippen LogP contribution in [0.1, 0.15) is 45.7 Å². The molecule has 1 N–H and O–H groups in total. The average Bonchev–Trinajstić information content (AvgIpc) is 3.09. The Hall–Kier alpha value is -2.64. The van der Waals surface area contributed by atoms with Crippen molar-refractivity contribution in [2.75, 3.05) is 4.90 Å². The van der Waals surface area contributed by atoms with Crippen molar-refractivity contribution in [3.8, 4) is 0 Å². The summed E-state index contributed by atoms with van der Waals surface area (Å²) in [5, 5.41) is 4.23. The van der Waals surface area contributed by atoms with Crippen LogP contribution in [0.3, 0.4) is 0 Å². The number of rotatable bonds is 5. The van der Waals surface area contributed by atoms with Gasteiger partial charge in [-0.1, -0.05) is 54.6 Å². The molecule has 1 heterocycles. The second-order valence-corrected chi connectivity index (χ2v) is 14.4. The van der Waals surface area contributed by atoms with Crippen LogP contribution in [0.15, 0.2) is 78.9 Å². The Labute approximate surface area is 200 Å². The third-order valence-electron chi connectivity index (χ3n) is 7.14. The second-order valence-electron chi connectivity index (χ2n) is 9.71. The molecule has 0 radical (unpaired) electrons. The maximum atomic E-state index is 4.23. The van der Waals surface area contributed by atoms with Crippen molar-refractivity contribution in [2.45, 2.75) is 65.6 Å². The van der Waals surface area contributed by atoms with E-state index in [1.54, 1.807) is 0 Å². The van der Waals surface area contributed by atoms with Gasteiger partial charge in [0.1, 0.15) is 17.1 Å². The van der Waals surface area contributed by atoms with Crippen molar-refractivity contribution in [3.05, 3.63) is 90.0 Å². The van der Waals surface area contributed by atoms with Gasteiger partial charge in [0.05, 0.1) is 11.3 Å². The highest BCUT2D eigenvalue weighted by molar-refractivity contribution is 7.76. The minimum Gasteiger partial charge on any atom is -0.195 e. The first-order valence-electron chi connectivity index (χ1n) is 12.1. The number of nitrogens with one attached hydrogen (secondary N) is 1. The molecule has 4 heteroatoms. The minimum absolute atomic E-state index is 0.377. The number of hydrogen-bond donors (Lipinski definition) is 1. The van der Waals surface area contributed by atoms with E-state index in [1.165, 1.54) is 34.1 Å². The van der Waals surface area contributed by atoms with Gasteiger partial charge in [-0.05, 0) is 76.9 Å². The monoisotopic (exact) mass is 459 g/mol. The molecule has 1 atom stereocenters. The highest BCUT2D eigenvalue weighted by atomic mass is 31.2. The van der Waals surface area contributed by atoms with Crippen LogP contribution >= 0.6 is 7.41 Å². The molecule has 1 aliphatic rings. The fourth-order valence-corrected chi connectivity index (χ4v) is 10.4. The summed E-state index contributed by atoms with van der Waals surface area (Å²) in [5.41, 5.74) is 7.41. The minimum atomic E-state index is -1.60. The summed E-state index contributed by atoms with van der Waals surface area (Å²) in [6.07, 6.45) is 0. The van der Waals surface area contributed by atoms with Crippen LogP contribution in [0.5, 0.6) is 0 Å². The summed E-state index contributed by atoms with van der Waals surface area (Å²) in [4.78, 5) is 2.41. The quantitative estimate of drug-likeness (QED) is 0.309. The first-order chi connectivity index (χ1) is 15.8. The van der Waals surface area contributed by atoms with E-state index in [1.807, 2.05) is 0 Å². The maximum absolute atomic E-state index is 4.23. The van der Waals surface area contributed by atoms with Crippen molar-refractivity contribution < 1.29 is 4.58 Å². The normalized spacial score (nSPS) is 17.5. The van der Waals surface area contributed by atoms with Crippen LogP contribution in [0.25, 0.3) is 0 Å². The SMILES string of the molecule is Cc1cccc(C)c1[N+]1=C(N(c2ccccc2)c2ccccc2)N[P+](C(C)C)(C(C)C)[C@@H]1C. The number of nitrogens with zero attached hydrogens (tertiary/aromatic N) is 2. The molecule has 0 bridgehead atoms. The van der Waals surface area contributed by atoms with E-state index in [0.29, 0.717) is 17.1 Å². The molecular weight excluding hydrogens is 421 g/mol. The van der Waals surface area contributed by atoms with E-state index in [-0.39, 0.29) is 0 Å². The molecule has 33 heavy (non-hydrogen) atoms. The predicted molar refractivity (Wildman–Crippen MR) is 146 cm³/mol. The topological polar surface area (TPSA) is 18.3 Å². The van der Waals surface area contributed by atoms with Gasteiger partial charge in [-0.15, -0.1) is 5.09 Å². The third kappa shape index (κ3) is 3.97. The Morgan fingerprint density at radius 3 is 1.61 bits per heavy atom. The van der Waals surface area contributed by atoms with E-state index < -0.39 is 7.41 Å². The van der Waals surface area contributed by atoms with Crippen molar-refractivity contribution in [1.82, 2.24) is 5.09 Å². The zero-order valence-electron chi connectivity index (χ0n) is 21.1. The van der Waals surface area contributed by atoms with Gasteiger partial charge in [0.25, 0.3) is 0 Å². The number of guanidine groups is 1. The van der Waals surface area contributed by atoms with Gasteiger partial charge in [-0.2, -0.15) is 9.48 Å². The van der Waals surface area contributed by atoms with Crippen LogP contribution < -0.4 is 9.99 Å². The van der Waals surface area contributed by atoms with Crippen LogP contribution in [0, 0.1) is 13.8 Å². The molecule has 0 unspecified atom stereocenters. The number of anilines is 2. The number of benzene rings is 3. The Bertz CT molecular complexity index is 1070. The van der Waals surface area contributed by atoms with Gasteiger partial charge >= 0.3 is 5.96 Å². The molecule has 0 amide bonds. The first-order valence-corrected chi connectivity index (χ1v) is 14.1. The number of aryl methyl sites for hydroxylation is 2. The van der Waals surface area contributed by atoms with Crippen LogP contribution in [0.2, 0.25) is 0 Å². The lowest BCUT2D eigenvalue weighted by molar-refractivity contribution is -0.453. The van der Waals surface area contributed by atoms with E-state index in [4.69, 9.17) is 0 Å².